The third kappa shape index (κ3) is 3.59. The summed E-state index contributed by atoms with van der Waals surface area (Å²) >= 11 is 0. The van der Waals surface area contributed by atoms with Gasteiger partial charge in [0.25, 0.3) is 0 Å². The number of carboxylic acid groups (broad SMARTS) is 1. The summed E-state index contributed by atoms with van der Waals surface area (Å²) in [5, 5.41) is 15.5. The fraction of sp³-hybridized carbons (Fsp3) is 0.208. The fourth-order valence-corrected chi connectivity index (χ4v) is 4.31. The van der Waals surface area contributed by atoms with Gasteiger partial charge >= 0.3 is 5.97 Å². The molecule has 2 aromatic carbocycles. The van der Waals surface area contributed by atoms with Gasteiger partial charge in [0.15, 0.2) is 0 Å². The van der Waals surface area contributed by atoms with E-state index in [0.717, 1.165) is 59.0 Å². The molecule has 31 heavy (non-hydrogen) atoms. The zero-order valence-electron chi connectivity index (χ0n) is 17.0. The van der Waals surface area contributed by atoms with Crippen molar-refractivity contribution in [2.45, 2.75) is 32.2 Å². The number of aromatic amines is 1. The number of carbonyl (C=O) groups is 1. The molecule has 0 unspecified atom stereocenters. The summed E-state index contributed by atoms with van der Waals surface area (Å²) in [6, 6.07) is 11.6. The molecule has 3 N–H and O–H groups in total. The first kappa shape index (κ1) is 19.1. The highest BCUT2D eigenvalue weighted by molar-refractivity contribution is 6.06. The number of aromatic carboxylic acids is 1. The van der Waals surface area contributed by atoms with Crippen LogP contribution < -0.4 is 5.43 Å². The minimum absolute atomic E-state index is 0.361. The van der Waals surface area contributed by atoms with E-state index >= 15 is 0 Å². The molecule has 0 amide bonds. The van der Waals surface area contributed by atoms with Crippen molar-refractivity contribution in [3.8, 4) is 11.1 Å². The molecule has 0 spiro atoms. The van der Waals surface area contributed by atoms with E-state index in [0.29, 0.717) is 17.7 Å². The van der Waals surface area contributed by atoms with E-state index in [-0.39, 0.29) is 0 Å². The van der Waals surface area contributed by atoms with E-state index in [4.69, 9.17) is 0 Å². The molecule has 2 heterocycles. The second kappa shape index (κ2) is 8.10. The zero-order chi connectivity index (χ0) is 21.2. The molecule has 0 saturated heterocycles. The van der Waals surface area contributed by atoms with Crippen LogP contribution in [-0.2, 0) is 6.54 Å². The number of H-pyrrole nitrogens is 1. The quantitative estimate of drug-likeness (QED) is 0.421. The molecule has 7 heteroatoms. The summed E-state index contributed by atoms with van der Waals surface area (Å²) in [6.07, 6.45) is 11.6. The van der Waals surface area contributed by atoms with Crippen LogP contribution in [0.25, 0.3) is 27.6 Å². The Balaban J connectivity index is 1.59. The van der Waals surface area contributed by atoms with Gasteiger partial charge in [0.05, 0.1) is 35.8 Å². The molecule has 0 fully saturated rings. The molecule has 5 rings (SSSR count). The standard InChI is InChI=1S/C24H23N5O2/c30-24(31)23-18(16-6-2-1-3-7-16)8-4-10-20(23)19-9-5-11-22-21(19)14-28-29(22)27-13-17-12-25-15-26-17/h4-6,8-12,14-15,27H,1-3,7,13H2,(H,25,26)(H,30,31). The number of nitrogens with zero attached hydrogens (tertiary/aromatic N) is 3. The number of benzene rings is 2. The van der Waals surface area contributed by atoms with E-state index in [1.54, 1.807) is 17.3 Å². The molecular weight excluding hydrogens is 390 g/mol. The lowest BCUT2D eigenvalue weighted by atomic mass is 9.86. The van der Waals surface area contributed by atoms with Gasteiger partial charge in [-0.05, 0) is 54.0 Å². The van der Waals surface area contributed by atoms with Gasteiger partial charge in [-0.2, -0.15) is 9.89 Å². The Hall–Kier alpha value is -3.87. The topological polar surface area (TPSA) is 95.8 Å². The predicted octanol–water partition coefficient (Wildman–Crippen LogP) is 4.83. The van der Waals surface area contributed by atoms with E-state index in [9.17, 15) is 9.90 Å². The van der Waals surface area contributed by atoms with Crippen molar-refractivity contribution < 1.29 is 9.90 Å². The van der Waals surface area contributed by atoms with Crippen LogP contribution in [0, 0.1) is 0 Å². The summed E-state index contributed by atoms with van der Waals surface area (Å²) in [5.74, 6) is -0.905. The Morgan fingerprint density at radius 3 is 2.74 bits per heavy atom. The van der Waals surface area contributed by atoms with Gasteiger partial charge in [0, 0.05) is 11.6 Å². The van der Waals surface area contributed by atoms with Crippen LogP contribution in [0.4, 0.5) is 0 Å². The van der Waals surface area contributed by atoms with E-state index < -0.39 is 5.97 Å². The molecule has 0 aliphatic heterocycles. The van der Waals surface area contributed by atoms with Gasteiger partial charge in [0.1, 0.15) is 0 Å². The van der Waals surface area contributed by atoms with Crippen molar-refractivity contribution in [2.24, 2.45) is 0 Å². The highest BCUT2D eigenvalue weighted by Gasteiger charge is 2.21. The van der Waals surface area contributed by atoms with Crippen molar-refractivity contribution >= 4 is 22.4 Å². The number of imidazole rings is 1. The monoisotopic (exact) mass is 413 g/mol. The van der Waals surface area contributed by atoms with Crippen LogP contribution in [0.3, 0.4) is 0 Å². The van der Waals surface area contributed by atoms with Crippen LogP contribution >= 0.6 is 0 Å². The van der Waals surface area contributed by atoms with Crippen LogP contribution in [0.5, 0.6) is 0 Å². The summed E-state index contributed by atoms with van der Waals surface area (Å²) in [7, 11) is 0. The van der Waals surface area contributed by atoms with E-state index in [1.165, 1.54) is 0 Å². The Kier molecular flexibility index (Phi) is 5.00. The van der Waals surface area contributed by atoms with E-state index in [1.807, 2.05) is 42.6 Å². The maximum absolute atomic E-state index is 12.4. The number of allylic oxidation sites excluding steroid dienone is 2. The lowest BCUT2D eigenvalue weighted by molar-refractivity contribution is 0.0697. The van der Waals surface area contributed by atoms with Crippen molar-refractivity contribution in [1.29, 1.82) is 0 Å². The highest BCUT2D eigenvalue weighted by Crippen LogP contribution is 2.36. The summed E-state index contributed by atoms with van der Waals surface area (Å²) < 4.78 is 0. The van der Waals surface area contributed by atoms with E-state index in [2.05, 4.69) is 26.6 Å². The first-order valence-electron chi connectivity index (χ1n) is 10.5. The number of rotatable bonds is 6. The number of nitrogens with one attached hydrogen (secondary N) is 2. The zero-order valence-corrected chi connectivity index (χ0v) is 17.0. The van der Waals surface area contributed by atoms with Crippen molar-refractivity contribution in [1.82, 2.24) is 19.9 Å². The van der Waals surface area contributed by atoms with Crippen molar-refractivity contribution in [3.63, 3.8) is 0 Å². The Morgan fingerprint density at radius 2 is 1.97 bits per heavy atom. The number of aromatic nitrogens is 4. The maximum atomic E-state index is 12.4. The fourth-order valence-electron chi connectivity index (χ4n) is 4.31. The Labute approximate surface area is 179 Å². The molecule has 2 aromatic heterocycles. The largest absolute Gasteiger partial charge is 0.478 e. The minimum Gasteiger partial charge on any atom is -0.478 e. The molecule has 1 aliphatic rings. The third-order valence-electron chi connectivity index (χ3n) is 5.78. The molecule has 156 valence electrons. The Morgan fingerprint density at radius 1 is 1.13 bits per heavy atom. The summed E-state index contributed by atoms with van der Waals surface area (Å²) in [5.41, 5.74) is 8.90. The number of fused-ring (bicyclic) bond motifs is 1. The molecule has 0 bridgehead atoms. The van der Waals surface area contributed by atoms with Crippen LogP contribution in [0.15, 0.2) is 61.2 Å². The predicted molar refractivity (Wildman–Crippen MR) is 120 cm³/mol. The molecule has 7 nitrogen and oxygen atoms in total. The maximum Gasteiger partial charge on any atom is 0.336 e. The minimum atomic E-state index is -0.905. The summed E-state index contributed by atoms with van der Waals surface area (Å²) in [4.78, 5) is 21.2. The Bertz CT molecular complexity index is 1270. The number of hydrogen-bond acceptors (Lipinski definition) is 4. The third-order valence-corrected chi connectivity index (χ3v) is 5.78. The molecule has 1 aliphatic carbocycles. The lowest BCUT2D eigenvalue weighted by Gasteiger charge is -2.18. The molecule has 0 saturated carbocycles. The average molecular weight is 413 g/mol. The van der Waals surface area contributed by atoms with Crippen molar-refractivity contribution in [3.05, 3.63) is 78.0 Å². The molecule has 0 radical (unpaired) electrons. The van der Waals surface area contributed by atoms with Crippen LogP contribution in [0.1, 0.15) is 47.3 Å². The van der Waals surface area contributed by atoms with Gasteiger partial charge in [-0.1, -0.05) is 36.4 Å². The van der Waals surface area contributed by atoms with Gasteiger partial charge in [-0.15, -0.1) is 0 Å². The SMILES string of the molecule is O=C(O)c1c(C2=CCCCC2)cccc1-c1cccc2c1cnn2NCc1c[nH]cn1. The molecule has 0 atom stereocenters. The number of hydrogen-bond donors (Lipinski definition) is 3. The molecular formula is C24H23N5O2. The average Bonchev–Trinajstić information content (AvgIpc) is 3.47. The smallest absolute Gasteiger partial charge is 0.336 e. The highest BCUT2D eigenvalue weighted by atomic mass is 16.4. The number of carboxylic acids is 1. The second-order valence-electron chi connectivity index (χ2n) is 7.70. The second-order valence-corrected chi connectivity index (χ2v) is 7.70. The van der Waals surface area contributed by atoms with Gasteiger partial charge in [0.2, 0.25) is 0 Å². The molecule has 4 aromatic rings. The summed E-state index contributed by atoms with van der Waals surface area (Å²) in [6.45, 7) is 0.522. The van der Waals surface area contributed by atoms with Gasteiger partial charge in [-0.3, -0.25) is 0 Å². The lowest BCUT2D eigenvalue weighted by Crippen LogP contribution is -2.15. The van der Waals surface area contributed by atoms with Crippen LogP contribution in [0.2, 0.25) is 0 Å². The van der Waals surface area contributed by atoms with Crippen LogP contribution in [-0.4, -0.2) is 30.9 Å². The van der Waals surface area contributed by atoms with Crippen molar-refractivity contribution in [2.75, 3.05) is 5.43 Å². The van der Waals surface area contributed by atoms with Gasteiger partial charge < -0.3 is 15.5 Å². The normalized spacial score (nSPS) is 13.9. The van der Waals surface area contributed by atoms with Gasteiger partial charge in [-0.25, -0.2) is 9.78 Å². The first-order chi connectivity index (χ1) is 15.2. The first-order valence-corrected chi connectivity index (χ1v) is 10.5.